The Morgan fingerprint density at radius 2 is 2.25 bits per heavy atom. The van der Waals surface area contributed by atoms with Gasteiger partial charge in [0.1, 0.15) is 3.70 Å². The van der Waals surface area contributed by atoms with Crippen molar-refractivity contribution < 1.29 is 4.39 Å². The second kappa shape index (κ2) is 2.92. The first-order valence-electron chi connectivity index (χ1n) is 3.73. The van der Waals surface area contributed by atoms with E-state index >= 15 is 0 Å². The molecule has 12 heavy (non-hydrogen) atoms. The monoisotopic (exact) mass is 278 g/mol. The van der Waals surface area contributed by atoms with E-state index in [1.807, 2.05) is 12.1 Å². The highest BCUT2D eigenvalue weighted by Gasteiger charge is 2.40. The van der Waals surface area contributed by atoms with Gasteiger partial charge >= 0.3 is 0 Å². The maximum atomic E-state index is 13.7. The maximum Gasteiger partial charge on any atom is 0.177 e. The van der Waals surface area contributed by atoms with Crippen molar-refractivity contribution in [2.24, 2.45) is 0 Å². The molecule has 4 heteroatoms. The molecule has 0 atom stereocenters. The van der Waals surface area contributed by atoms with Crippen LogP contribution in [0.4, 0.5) is 4.39 Å². The molecule has 1 N–H and O–H groups in total. The van der Waals surface area contributed by atoms with Crippen LogP contribution in [0.25, 0.3) is 0 Å². The first kappa shape index (κ1) is 8.37. The molecule has 0 saturated carbocycles. The molecule has 2 heterocycles. The van der Waals surface area contributed by atoms with E-state index in [0.29, 0.717) is 18.8 Å². The molecule has 2 nitrogen and oxygen atoms in total. The Morgan fingerprint density at radius 1 is 1.50 bits per heavy atom. The van der Waals surface area contributed by atoms with Crippen molar-refractivity contribution in [1.29, 1.82) is 0 Å². The van der Waals surface area contributed by atoms with Gasteiger partial charge in [-0.1, -0.05) is 6.07 Å². The van der Waals surface area contributed by atoms with Crippen molar-refractivity contribution in [3.63, 3.8) is 0 Å². The minimum absolute atomic E-state index is 0.389. The summed E-state index contributed by atoms with van der Waals surface area (Å²) in [6.45, 7) is 0.778. The van der Waals surface area contributed by atoms with Crippen LogP contribution in [0, 0.1) is 3.70 Å². The zero-order valence-electron chi connectivity index (χ0n) is 6.35. The summed E-state index contributed by atoms with van der Waals surface area (Å²) in [5, 5.41) is 2.90. The lowest BCUT2D eigenvalue weighted by Crippen LogP contribution is -2.54. The SMILES string of the molecule is FC1(c2cccc(I)n2)CNC1. The van der Waals surface area contributed by atoms with Gasteiger partial charge in [-0.05, 0) is 34.7 Å². The van der Waals surface area contributed by atoms with Crippen molar-refractivity contribution in [3.05, 3.63) is 27.6 Å². The lowest BCUT2D eigenvalue weighted by atomic mass is 9.95. The average molecular weight is 278 g/mol. The molecule has 2 rings (SSSR count). The lowest BCUT2D eigenvalue weighted by Gasteiger charge is -2.34. The van der Waals surface area contributed by atoms with Gasteiger partial charge in [-0.25, -0.2) is 9.37 Å². The summed E-state index contributed by atoms with van der Waals surface area (Å²) in [6.07, 6.45) is 0. The molecular formula is C8H8FIN2. The molecule has 1 aromatic rings. The van der Waals surface area contributed by atoms with Crippen LogP contribution >= 0.6 is 22.6 Å². The highest BCUT2D eigenvalue weighted by molar-refractivity contribution is 14.1. The molecule has 1 aromatic heterocycles. The van der Waals surface area contributed by atoms with Gasteiger partial charge in [0.15, 0.2) is 5.67 Å². The largest absolute Gasteiger partial charge is 0.309 e. The number of nitrogens with zero attached hydrogens (tertiary/aromatic N) is 1. The molecule has 1 aliphatic rings. The predicted octanol–water partition coefficient (Wildman–Crippen LogP) is 1.45. The van der Waals surface area contributed by atoms with Crippen molar-refractivity contribution in [2.75, 3.05) is 13.1 Å². The molecular weight excluding hydrogens is 270 g/mol. The quantitative estimate of drug-likeness (QED) is 0.621. The Bertz CT molecular complexity index is 299. The molecule has 0 unspecified atom stereocenters. The summed E-state index contributed by atoms with van der Waals surface area (Å²) in [4.78, 5) is 4.14. The van der Waals surface area contributed by atoms with Gasteiger partial charge in [-0.3, -0.25) is 0 Å². The van der Waals surface area contributed by atoms with Gasteiger partial charge in [0.05, 0.1) is 5.69 Å². The fraction of sp³-hybridized carbons (Fsp3) is 0.375. The summed E-state index contributed by atoms with van der Waals surface area (Å²) in [5.74, 6) is 0. The van der Waals surface area contributed by atoms with Gasteiger partial charge in [0.25, 0.3) is 0 Å². The number of pyridine rings is 1. The number of hydrogen-bond acceptors (Lipinski definition) is 2. The zero-order valence-corrected chi connectivity index (χ0v) is 8.51. The molecule has 0 aromatic carbocycles. The van der Waals surface area contributed by atoms with Crippen molar-refractivity contribution >= 4 is 22.6 Å². The average Bonchev–Trinajstić information content (AvgIpc) is 2.00. The Labute approximate surface area is 83.7 Å². The molecule has 0 aliphatic carbocycles. The number of halogens is 2. The first-order valence-corrected chi connectivity index (χ1v) is 4.81. The number of alkyl halides is 1. The molecule has 1 saturated heterocycles. The van der Waals surface area contributed by atoms with Crippen molar-refractivity contribution in [1.82, 2.24) is 10.3 Å². The molecule has 0 bridgehead atoms. The Morgan fingerprint density at radius 3 is 2.75 bits per heavy atom. The normalized spacial score (nSPS) is 20.2. The van der Waals surface area contributed by atoms with Gasteiger partial charge in [0.2, 0.25) is 0 Å². The van der Waals surface area contributed by atoms with E-state index in [9.17, 15) is 4.39 Å². The summed E-state index contributed by atoms with van der Waals surface area (Å²) in [6, 6.07) is 5.44. The maximum absolute atomic E-state index is 13.7. The number of rotatable bonds is 1. The van der Waals surface area contributed by atoms with Crippen LogP contribution in [0.1, 0.15) is 5.69 Å². The smallest absolute Gasteiger partial charge is 0.177 e. The second-order valence-corrected chi connectivity index (χ2v) is 4.02. The fourth-order valence-electron chi connectivity index (χ4n) is 1.18. The van der Waals surface area contributed by atoms with E-state index < -0.39 is 5.67 Å². The Hall–Kier alpha value is -0.230. The molecule has 64 valence electrons. The highest BCUT2D eigenvalue weighted by Crippen LogP contribution is 2.28. The van der Waals surface area contributed by atoms with Crippen LogP contribution in [0.3, 0.4) is 0 Å². The molecule has 0 spiro atoms. The van der Waals surface area contributed by atoms with Gasteiger partial charge in [-0.2, -0.15) is 0 Å². The Kier molecular flexibility index (Phi) is 2.04. The van der Waals surface area contributed by atoms with Gasteiger partial charge in [-0.15, -0.1) is 0 Å². The standard InChI is InChI=1S/C8H8FIN2/c9-8(4-11-5-8)6-2-1-3-7(10)12-6/h1-3,11H,4-5H2. The minimum atomic E-state index is -1.22. The summed E-state index contributed by atoms with van der Waals surface area (Å²) in [7, 11) is 0. The Balaban J connectivity index is 2.33. The highest BCUT2D eigenvalue weighted by atomic mass is 127. The third-order valence-corrected chi connectivity index (χ3v) is 2.59. The van der Waals surface area contributed by atoms with Gasteiger partial charge < -0.3 is 5.32 Å². The lowest BCUT2D eigenvalue weighted by molar-refractivity contribution is 0.0839. The summed E-state index contributed by atoms with van der Waals surface area (Å²) < 4.78 is 14.5. The van der Waals surface area contributed by atoms with Crippen molar-refractivity contribution in [3.8, 4) is 0 Å². The van der Waals surface area contributed by atoms with Crippen molar-refractivity contribution in [2.45, 2.75) is 5.67 Å². The fourth-order valence-corrected chi connectivity index (χ4v) is 1.65. The van der Waals surface area contributed by atoms with E-state index in [1.165, 1.54) is 0 Å². The second-order valence-electron chi connectivity index (χ2n) is 2.91. The predicted molar refractivity (Wildman–Crippen MR) is 52.6 cm³/mol. The molecule has 1 fully saturated rings. The van der Waals surface area contributed by atoms with Crippen LogP contribution in [0.15, 0.2) is 18.2 Å². The number of hydrogen-bond donors (Lipinski definition) is 1. The first-order chi connectivity index (χ1) is 5.71. The molecule has 0 amide bonds. The van der Waals surface area contributed by atoms with E-state index in [4.69, 9.17) is 0 Å². The third kappa shape index (κ3) is 1.33. The van der Waals surface area contributed by atoms with Gasteiger partial charge in [0, 0.05) is 13.1 Å². The van der Waals surface area contributed by atoms with Crippen LogP contribution in [0.2, 0.25) is 0 Å². The van der Waals surface area contributed by atoms with E-state index in [-0.39, 0.29) is 0 Å². The van der Waals surface area contributed by atoms with Crippen LogP contribution < -0.4 is 5.32 Å². The summed E-state index contributed by atoms with van der Waals surface area (Å²) in [5.41, 5.74) is -0.672. The number of aromatic nitrogens is 1. The zero-order chi connectivity index (χ0) is 8.60. The minimum Gasteiger partial charge on any atom is -0.309 e. The van der Waals surface area contributed by atoms with E-state index in [1.54, 1.807) is 6.07 Å². The third-order valence-electron chi connectivity index (χ3n) is 1.98. The van der Waals surface area contributed by atoms with Crippen LogP contribution in [-0.2, 0) is 5.67 Å². The molecule has 1 aliphatic heterocycles. The number of nitrogens with one attached hydrogen (secondary N) is 1. The van der Waals surface area contributed by atoms with E-state index in [2.05, 4.69) is 32.9 Å². The van der Waals surface area contributed by atoms with Crippen LogP contribution in [0.5, 0.6) is 0 Å². The molecule has 0 radical (unpaired) electrons. The summed E-state index contributed by atoms with van der Waals surface area (Å²) >= 11 is 2.09. The van der Waals surface area contributed by atoms with Crippen LogP contribution in [-0.4, -0.2) is 18.1 Å². The topological polar surface area (TPSA) is 24.9 Å². The van der Waals surface area contributed by atoms with E-state index in [0.717, 1.165) is 3.70 Å².